The molecule has 0 unspecified atom stereocenters. The smallest absolute Gasteiger partial charge is 0.255 e. The molecule has 0 atom stereocenters. The lowest BCUT2D eigenvalue weighted by Crippen LogP contribution is -2.19. The maximum atomic E-state index is 12.2. The Morgan fingerprint density at radius 3 is 2.71 bits per heavy atom. The highest BCUT2D eigenvalue weighted by atomic mass is 79.9. The quantitative estimate of drug-likeness (QED) is 0.855. The van der Waals surface area contributed by atoms with E-state index in [1.54, 1.807) is 12.1 Å². The number of rotatable bonds is 2. The first-order valence-corrected chi connectivity index (χ1v) is 8.03. The molecular formula is C15H11BrN2O2S. The predicted molar refractivity (Wildman–Crippen MR) is 87.9 cm³/mol. The van der Waals surface area contributed by atoms with Crippen molar-refractivity contribution in [2.45, 2.75) is 4.90 Å². The summed E-state index contributed by atoms with van der Waals surface area (Å²) in [6.45, 7) is 0. The van der Waals surface area contributed by atoms with Crippen LogP contribution in [0.5, 0.6) is 0 Å². The van der Waals surface area contributed by atoms with Crippen LogP contribution in [0.3, 0.4) is 0 Å². The van der Waals surface area contributed by atoms with Gasteiger partial charge in [-0.3, -0.25) is 9.59 Å². The van der Waals surface area contributed by atoms with Gasteiger partial charge in [0.2, 0.25) is 5.91 Å². The van der Waals surface area contributed by atoms with E-state index in [0.717, 1.165) is 15.1 Å². The molecule has 3 rings (SSSR count). The fraction of sp³-hybridized carbons (Fsp3) is 0.0667. The summed E-state index contributed by atoms with van der Waals surface area (Å²) < 4.78 is 0.953. The molecule has 1 aliphatic rings. The number of halogens is 1. The Morgan fingerprint density at radius 1 is 1.19 bits per heavy atom. The van der Waals surface area contributed by atoms with Crippen molar-refractivity contribution in [3.63, 3.8) is 0 Å². The van der Waals surface area contributed by atoms with Crippen LogP contribution in [-0.4, -0.2) is 17.6 Å². The van der Waals surface area contributed by atoms with Gasteiger partial charge in [-0.25, -0.2) is 0 Å². The lowest BCUT2D eigenvalue weighted by molar-refractivity contribution is -0.113. The molecule has 2 amide bonds. The van der Waals surface area contributed by atoms with Gasteiger partial charge < -0.3 is 10.6 Å². The molecule has 0 aromatic heterocycles. The largest absolute Gasteiger partial charge is 0.324 e. The zero-order valence-corrected chi connectivity index (χ0v) is 13.3. The Hall–Kier alpha value is -1.79. The zero-order chi connectivity index (χ0) is 14.8. The van der Waals surface area contributed by atoms with Crippen LogP contribution in [0.25, 0.3) is 0 Å². The van der Waals surface area contributed by atoms with Crippen molar-refractivity contribution in [2.75, 3.05) is 16.4 Å². The van der Waals surface area contributed by atoms with Crippen LogP contribution in [0.15, 0.2) is 51.8 Å². The van der Waals surface area contributed by atoms with Crippen molar-refractivity contribution in [1.29, 1.82) is 0 Å². The van der Waals surface area contributed by atoms with Crippen LogP contribution in [0.4, 0.5) is 11.4 Å². The van der Waals surface area contributed by atoms with Crippen LogP contribution < -0.4 is 10.6 Å². The lowest BCUT2D eigenvalue weighted by Gasteiger charge is -2.17. The number of hydrogen-bond donors (Lipinski definition) is 2. The molecule has 106 valence electrons. The Morgan fingerprint density at radius 2 is 1.95 bits per heavy atom. The van der Waals surface area contributed by atoms with E-state index in [1.807, 2.05) is 30.3 Å². The summed E-state index contributed by atoms with van der Waals surface area (Å²) in [5.74, 6) is 0.167. The Balaban J connectivity index is 1.80. The van der Waals surface area contributed by atoms with E-state index in [4.69, 9.17) is 0 Å². The highest BCUT2D eigenvalue weighted by Crippen LogP contribution is 2.32. The van der Waals surface area contributed by atoms with E-state index in [9.17, 15) is 9.59 Å². The monoisotopic (exact) mass is 362 g/mol. The average molecular weight is 363 g/mol. The molecule has 2 aromatic rings. The molecule has 0 saturated heterocycles. The third-order valence-corrected chi connectivity index (χ3v) is 4.58. The molecule has 0 saturated carbocycles. The van der Waals surface area contributed by atoms with Crippen LogP contribution >= 0.6 is 27.7 Å². The molecule has 0 radical (unpaired) electrons. The van der Waals surface area contributed by atoms with Crippen LogP contribution in [-0.2, 0) is 4.79 Å². The van der Waals surface area contributed by atoms with Crippen molar-refractivity contribution in [3.05, 3.63) is 52.5 Å². The molecule has 1 heterocycles. The third kappa shape index (κ3) is 3.28. The number of nitrogens with one attached hydrogen (secondary N) is 2. The molecule has 0 spiro atoms. The topological polar surface area (TPSA) is 58.2 Å². The van der Waals surface area contributed by atoms with Gasteiger partial charge in [-0.2, -0.15) is 0 Å². The second kappa shape index (κ2) is 5.91. The van der Waals surface area contributed by atoms with Crippen LogP contribution in [0, 0.1) is 0 Å². The molecule has 2 N–H and O–H groups in total. The number of hydrogen-bond acceptors (Lipinski definition) is 3. The highest BCUT2D eigenvalue weighted by Gasteiger charge is 2.17. The fourth-order valence-electron chi connectivity index (χ4n) is 1.96. The standard InChI is InChI=1S/C15H11BrN2O2S/c16-10-2-4-11(5-3-10)17-15(20)9-1-6-13-12(7-9)18-14(19)8-21-13/h1-7H,8H2,(H,17,20)(H,18,19). The fourth-order valence-corrected chi connectivity index (χ4v) is 3.01. The van der Waals surface area contributed by atoms with Gasteiger partial charge in [-0.15, -0.1) is 11.8 Å². The molecule has 21 heavy (non-hydrogen) atoms. The number of carbonyl (C=O) groups excluding carboxylic acids is 2. The summed E-state index contributed by atoms with van der Waals surface area (Å²) in [4.78, 5) is 24.6. The van der Waals surface area contributed by atoms with E-state index in [0.29, 0.717) is 17.0 Å². The van der Waals surface area contributed by atoms with Gasteiger partial charge in [-0.1, -0.05) is 15.9 Å². The average Bonchev–Trinajstić information content (AvgIpc) is 2.48. The molecule has 1 aliphatic heterocycles. The SMILES string of the molecule is O=C1CSc2ccc(C(=O)Nc3ccc(Br)cc3)cc2N1. The summed E-state index contributed by atoms with van der Waals surface area (Å²) >= 11 is 4.82. The maximum absolute atomic E-state index is 12.2. The Kier molecular flexibility index (Phi) is 3.98. The van der Waals surface area contributed by atoms with Gasteiger partial charge in [0, 0.05) is 20.6 Å². The van der Waals surface area contributed by atoms with Gasteiger partial charge in [0.15, 0.2) is 0 Å². The Labute approximate surface area is 134 Å². The summed E-state index contributed by atoms with van der Waals surface area (Å²) in [6.07, 6.45) is 0. The van der Waals surface area contributed by atoms with E-state index < -0.39 is 0 Å². The molecular weight excluding hydrogens is 352 g/mol. The number of amides is 2. The van der Waals surface area contributed by atoms with Crippen molar-refractivity contribution in [3.8, 4) is 0 Å². The molecule has 2 aromatic carbocycles. The van der Waals surface area contributed by atoms with Crippen molar-refractivity contribution in [1.82, 2.24) is 0 Å². The lowest BCUT2D eigenvalue weighted by atomic mass is 10.1. The second-order valence-corrected chi connectivity index (χ2v) is 6.44. The van der Waals surface area contributed by atoms with Crippen molar-refractivity contribution < 1.29 is 9.59 Å². The summed E-state index contributed by atoms with van der Waals surface area (Å²) in [5.41, 5.74) is 1.93. The molecule has 0 aliphatic carbocycles. The first kappa shape index (κ1) is 14.2. The summed E-state index contributed by atoms with van der Waals surface area (Å²) in [6, 6.07) is 12.7. The minimum atomic E-state index is -0.204. The molecule has 0 fully saturated rings. The van der Waals surface area contributed by atoms with Crippen molar-refractivity contribution in [2.24, 2.45) is 0 Å². The third-order valence-electron chi connectivity index (χ3n) is 2.98. The van der Waals surface area contributed by atoms with E-state index in [2.05, 4.69) is 26.6 Å². The first-order valence-electron chi connectivity index (χ1n) is 6.25. The second-order valence-electron chi connectivity index (χ2n) is 4.51. The Bertz CT molecular complexity index is 716. The van der Waals surface area contributed by atoms with E-state index in [-0.39, 0.29) is 11.8 Å². The number of fused-ring (bicyclic) bond motifs is 1. The number of benzene rings is 2. The molecule has 6 heteroatoms. The first-order chi connectivity index (χ1) is 10.1. The highest BCUT2D eigenvalue weighted by molar-refractivity contribution is 9.10. The van der Waals surface area contributed by atoms with Crippen molar-refractivity contribution >= 4 is 50.9 Å². The number of anilines is 2. The van der Waals surface area contributed by atoms with Gasteiger partial charge in [-0.05, 0) is 42.5 Å². The summed E-state index contributed by atoms with van der Waals surface area (Å²) in [5, 5.41) is 5.60. The minimum Gasteiger partial charge on any atom is -0.324 e. The van der Waals surface area contributed by atoms with E-state index >= 15 is 0 Å². The van der Waals surface area contributed by atoms with Crippen LogP contribution in [0.2, 0.25) is 0 Å². The van der Waals surface area contributed by atoms with Gasteiger partial charge in [0.1, 0.15) is 0 Å². The van der Waals surface area contributed by atoms with E-state index in [1.165, 1.54) is 11.8 Å². The van der Waals surface area contributed by atoms with Gasteiger partial charge in [0.25, 0.3) is 5.91 Å². The minimum absolute atomic E-state index is 0.0435. The number of carbonyl (C=O) groups is 2. The molecule has 0 bridgehead atoms. The van der Waals surface area contributed by atoms with Gasteiger partial charge >= 0.3 is 0 Å². The maximum Gasteiger partial charge on any atom is 0.255 e. The van der Waals surface area contributed by atoms with Crippen LogP contribution in [0.1, 0.15) is 10.4 Å². The normalized spacial score (nSPS) is 13.3. The predicted octanol–water partition coefficient (Wildman–Crippen LogP) is 3.75. The van der Waals surface area contributed by atoms with Gasteiger partial charge in [0.05, 0.1) is 11.4 Å². The molecule has 4 nitrogen and oxygen atoms in total. The summed E-state index contributed by atoms with van der Waals surface area (Å²) in [7, 11) is 0. The zero-order valence-electron chi connectivity index (χ0n) is 10.9. The number of thioether (sulfide) groups is 1.